The molecule has 4 rings (SSSR count). The van der Waals surface area contributed by atoms with Crippen molar-refractivity contribution >= 4 is 53.3 Å². The largest absolute Gasteiger partial charge is 0.497 e. The second kappa shape index (κ2) is 16.7. The van der Waals surface area contributed by atoms with Crippen molar-refractivity contribution in [2.75, 3.05) is 33.4 Å². The van der Waals surface area contributed by atoms with E-state index in [4.69, 9.17) is 18.9 Å². The van der Waals surface area contributed by atoms with Crippen molar-refractivity contribution in [3.63, 3.8) is 0 Å². The van der Waals surface area contributed by atoms with Crippen LogP contribution in [0.4, 0.5) is 4.79 Å². The minimum atomic E-state index is -3.93. The predicted octanol–water partition coefficient (Wildman–Crippen LogP) is 4.03. The zero-order valence-electron chi connectivity index (χ0n) is 24.4. The lowest BCUT2D eigenvalue weighted by Crippen LogP contribution is -2.49. The lowest BCUT2D eigenvalue weighted by Gasteiger charge is -2.34. The molecule has 3 heterocycles. The summed E-state index contributed by atoms with van der Waals surface area (Å²) < 4.78 is 50.7. The Morgan fingerprint density at radius 3 is 2.44 bits per heavy atom. The molecule has 1 aromatic heterocycles. The minimum Gasteiger partial charge on any atom is -0.497 e. The number of pyridine rings is 1. The number of rotatable bonds is 12. The Bertz CT molecular complexity index is 1320. The number of hydrogen-bond donors (Lipinski definition) is 3. The molecule has 43 heavy (non-hydrogen) atoms. The van der Waals surface area contributed by atoms with E-state index in [9.17, 15) is 23.1 Å². The number of aromatic amines is 1. The highest BCUT2D eigenvalue weighted by Gasteiger charge is 2.44. The van der Waals surface area contributed by atoms with Crippen LogP contribution in [0.5, 0.6) is 5.75 Å². The van der Waals surface area contributed by atoms with Crippen molar-refractivity contribution in [1.82, 2.24) is 14.6 Å². The molecule has 6 atom stereocenters. The van der Waals surface area contributed by atoms with E-state index >= 15 is 0 Å². The monoisotopic (exact) mass is 847 g/mol. The number of aliphatic hydroxyl groups excluding tert-OH is 1. The number of H-pyrrole nitrogens is 1. The molecule has 1 aromatic carbocycles. The number of amides is 1. The molecule has 2 aromatic rings. The molecule has 1 unspecified atom stereocenters. The van der Waals surface area contributed by atoms with Crippen LogP contribution in [0.1, 0.15) is 38.9 Å². The molecule has 3 N–H and O–H groups in total. The van der Waals surface area contributed by atoms with Gasteiger partial charge in [-0.1, -0.05) is 20.8 Å². The zero-order chi connectivity index (χ0) is 31.7. The van der Waals surface area contributed by atoms with Gasteiger partial charge in [-0.25, -0.2) is 13.2 Å². The third-order valence-corrected chi connectivity index (χ3v) is 9.23. The maximum atomic E-state index is 13.7. The SMILES string of the molecule is COc1ccc(S(=O)(=O)N(CC(C)C)C[C@@H](C)[C@@H](NC(=O)O[C@H]2CO[C@H]3OCC[C@H]32)C(O)c2ccc(=O)[nH]c2)cc1.II. The second-order valence-electron chi connectivity index (χ2n) is 10.9. The maximum absolute atomic E-state index is 13.7. The normalized spacial score (nSPS) is 21.8. The van der Waals surface area contributed by atoms with Crippen LogP contribution < -0.4 is 15.6 Å². The van der Waals surface area contributed by atoms with Gasteiger partial charge in [0.05, 0.1) is 37.2 Å². The van der Waals surface area contributed by atoms with Crippen molar-refractivity contribution in [3.8, 4) is 5.75 Å². The van der Waals surface area contributed by atoms with Crippen LogP contribution in [0.25, 0.3) is 0 Å². The molecule has 2 aliphatic heterocycles. The molecule has 12 nitrogen and oxygen atoms in total. The number of alkyl carbamates (subject to hydrolysis) is 1. The second-order valence-corrected chi connectivity index (χ2v) is 12.9. The Morgan fingerprint density at radius 2 is 1.84 bits per heavy atom. The molecule has 0 bridgehead atoms. The number of sulfonamides is 1. The number of aliphatic hydroxyl groups is 1. The number of fused-ring (bicyclic) bond motifs is 1. The Kier molecular flexibility index (Phi) is 14.0. The summed E-state index contributed by atoms with van der Waals surface area (Å²) in [5.74, 6) is -0.127. The first-order chi connectivity index (χ1) is 20.5. The van der Waals surface area contributed by atoms with Crippen molar-refractivity contribution in [3.05, 3.63) is 58.5 Å². The first-order valence-electron chi connectivity index (χ1n) is 13.8. The van der Waals surface area contributed by atoms with Crippen molar-refractivity contribution in [2.24, 2.45) is 17.8 Å². The van der Waals surface area contributed by atoms with Gasteiger partial charge in [-0.15, -0.1) is 0 Å². The molecule has 0 spiro atoms. The summed E-state index contributed by atoms with van der Waals surface area (Å²) >= 11 is 4.24. The summed E-state index contributed by atoms with van der Waals surface area (Å²) in [5.41, 5.74) is 0.00445. The highest BCUT2D eigenvalue weighted by molar-refractivity contribution is 15.0. The van der Waals surface area contributed by atoms with Crippen LogP contribution in [-0.4, -0.2) is 80.8 Å². The van der Waals surface area contributed by atoms with E-state index in [1.807, 2.05) is 13.8 Å². The van der Waals surface area contributed by atoms with Crippen LogP contribution in [0.3, 0.4) is 0 Å². The first-order valence-corrected chi connectivity index (χ1v) is 21.6. The number of halogens is 2. The van der Waals surface area contributed by atoms with Crippen LogP contribution in [-0.2, 0) is 24.2 Å². The molecule has 2 saturated heterocycles. The molecular formula is C28H39I2N3O9S. The highest BCUT2D eigenvalue weighted by Crippen LogP contribution is 2.33. The fraction of sp³-hybridized carbons (Fsp3) is 0.571. The molecule has 0 aliphatic carbocycles. The van der Waals surface area contributed by atoms with Gasteiger partial charge in [-0.2, -0.15) is 4.31 Å². The Hall–Kier alpha value is -1.51. The Labute approximate surface area is 275 Å². The summed E-state index contributed by atoms with van der Waals surface area (Å²) in [6.45, 7) is 6.50. The van der Waals surface area contributed by atoms with Gasteiger partial charge < -0.3 is 34.4 Å². The lowest BCUT2D eigenvalue weighted by molar-refractivity contribution is -0.0907. The molecule has 0 saturated carbocycles. The molecule has 0 radical (unpaired) electrons. The Morgan fingerprint density at radius 1 is 1.14 bits per heavy atom. The number of carbonyl (C=O) groups excluding carboxylic acids is 1. The summed E-state index contributed by atoms with van der Waals surface area (Å²) in [4.78, 5) is 27.3. The lowest BCUT2D eigenvalue weighted by atomic mass is 9.92. The minimum absolute atomic E-state index is 0.000312. The summed E-state index contributed by atoms with van der Waals surface area (Å²) in [7, 11) is -2.43. The van der Waals surface area contributed by atoms with Crippen LogP contribution in [0, 0.1) is 17.8 Å². The van der Waals surface area contributed by atoms with Gasteiger partial charge in [0.1, 0.15) is 18.0 Å². The maximum Gasteiger partial charge on any atom is 0.407 e. The smallest absolute Gasteiger partial charge is 0.407 e. The van der Waals surface area contributed by atoms with Crippen LogP contribution in [0.2, 0.25) is 0 Å². The average molecular weight is 848 g/mol. The van der Waals surface area contributed by atoms with Gasteiger partial charge in [-0.05, 0) is 54.2 Å². The van der Waals surface area contributed by atoms with E-state index in [2.05, 4.69) is 47.5 Å². The van der Waals surface area contributed by atoms with E-state index in [1.54, 1.807) is 19.1 Å². The fourth-order valence-corrected chi connectivity index (χ4v) is 6.91. The van der Waals surface area contributed by atoms with Gasteiger partial charge >= 0.3 is 6.09 Å². The van der Waals surface area contributed by atoms with E-state index < -0.39 is 46.6 Å². The van der Waals surface area contributed by atoms with Gasteiger partial charge in [0.25, 0.3) is 0 Å². The van der Waals surface area contributed by atoms with E-state index in [-0.39, 0.29) is 42.0 Å². The quantitative estimate of drug-likeness (QED) is 0.269. The van der Waals surface area contributed by atoms with E-state index in [0.717, 1.165) is 0 Å². The number of hydrogen-bond acceptors (Lipinski definition) is 9. The predicted molar refractivity (Wildman–Crippen MR) is 177 cm³/mol. The number of benzene rings is 1. The molecule has 240 valence electrons. The molecule has 2 aliphatic rings. The van der Waals surface area contributed by atoms with Gasteiger partial charge in [0.2, 0.25) is 15.6 Å². The van der Waals surface area contributed by atoms with Crippen molar-refractivity contribution in [2.45, 2.75) is 56.6 Å². The zero-order valence-corrected chi connectivity index (χ0v) is 29.6. The third kappa shape index (κ3) is 9.49. The van der Waals surface area contributed by atoms with E-state index in [1.165, 1.54) is 41.9 Å². The van der Waals surface area contributed by atoms with Crippen LogP contribution >= 0.6 is 37.2 Å². The Balaban J connectivity index is 0.00000248. The van der Waals surface area contributed by atoms with Crippen molar-refractivity contribution < 1.29 is 37.3 Å². The molecule has 2 fully saturated rings. The standard InChI is InChI=1S/C28H39N3O9S.I2/c1-17(2)14-31(41(35,36)21-8-6-20(37-4)7-9-21)15-18(3)25(26(33)19-5-10-24(32)29-13-19)30-28(34)40-23-16-39-27-22(23)11-12-38-27;1-2/h5-10,13,17-18,22-23,25-27,33H,11-12,14-16H2,1-4H3,(H,29,32)(H,30,34);/t18-,22+,23+,25-,26?,27-;/m1./s1. The summed E-state index contributed by atoms with van der Waals surface area (Å²) in [6.07, 6.45) is -0.874. The highest BCUT2D eigenvalue weighted by atomic mass is 128. The van der Waals surface area contributed by atoms with Crippen molar-refractivity contribution in [1.29, 1.82) is 0 Å². The fourth-order valence-electron chi connectivity index (χ4n) is 5.21. The number of methoxy groups -OCH3 is 1. The molecule has 15 heteroatoms. The van der Waals surface area contributed by atoms with Gasteiger partial charge in [-0.3, -0.25) is 4.79 Å². The van der Waals surface area contributed by atoms with E-state index in [0.29, 0.717) is 24.3 Å². The molecule has 1 amide bonds. The summed E-state index contributed by atoms with van der Waals surface area (Å²) in [5, 5.41) is 14.1. The topological polar surface area (TPSA) is 156 Å². The van der Waals surface area contributed by atoms with Crippen LogP contribution in [0.15, 0.2) is 52.3 Å². The average Bonchev–Trinajstić information content (AvgIpc) is 3.61. The summed E-state index contributed by atoms with van der Waals surface area (Å²) in [6, 6.07) is 7.89. The van der Waals surface area contributed by atoms with Gasteiger partial charge in [0.15, 0.2) is 6.29 Å². The van der Waals surface area contributed by atoms with Gasteiger partial charge in [0, 0.05) is 62.6 Å². The number of carbonyl (C=O) groups is 1. The number of ether oxygens (including phenoxy) is 4. The molecular weight excluding hydrogens is 808 g/mol. The number of nitrogens with one attached hydrogen (secondary N) is 2. The number of aromatic nitrogens is 1. The first kappa shape index (κ1) is 36.0. The number of nitrogens with zero attached hydrogens (tertiary/aromatic N) is 1. The third-order valence-electron chi connectivity index (χ3n) is 7.39.